The second-order valence-electron chi connectivity index (χ2n) is 1.48. The number of rotatable bonds is 3. The molecule has 1 atom stereocenters. The zero-order valence-electron chi connectivity index (χ0n) is 5.10. The minimum absolute atomic E-state index is 0.288. The number of hydrogen-bond acceptors (Lipinski definition) is 2. The number of carbonyl (C=O) groups excluding carboxylic acids is 1. The number of carboxylic acid groups (broad SMARTS) is 1. The fraction of sp³-hybridized carbons (Fsp3) is 0.500. The third-order valence-corrected chi connectivity index (χ3v) is 5.10. The normalized spacial score (nSPS) is 12.6. The van der Waals surface area contributed by atoms with Crippen molar-refractivity contribution in [2.45, 2.75) is 11.0 Å². The van der Waals surface area contributed by atoms with Crippen molar-refractivity contribution in [3.05, 3.63) is 0 Å². The van der Waals surface area contributed by atoms with E-state index in [1.807, 2.05) is 18.6 Å². The topological polar surface area (TPSA) is 66.4 Å². The van der Waals surface area contributed by atoms with Crippen molar-refractivity contribution in [1.82, 2.24) is 5.32 Å². The number of nitrogens with one attached hydrogen (secondary N) is 1. The van der Waals surface area contributed by atoms with Gasteiger partial charge >= 0.3 is 78.7 Å². The van der Waals surface area contributed by atoms with Crippen LogP contribution in [0.5, 0.6) is 0 Å². The number of amides is 1. The van der Waals surface area contributed by atoms with Gasteiger partial charge in [0.25, 0.3) is 0 Å². The van der Waals surface area contributed by atoms with Crippen LogP contribution in [-0.4, -0.2) is 21.0 Å². The average molecular weight is 370 g/mol. The summed E-state index contributed by atoms with van der Waals surface area (Å²) in [5.41, 5.74) is 0. The molecule has 10 heavy (non-hydrogen) atoms. The molecule has 0 aromatic rings. The Hall–Kier alpha value is 0.400. The molecule has 0 aliphatic heterocycles. The predicted octanol–water partition coefficient (Wildman–Crippen LogP) is -3.03. The Morgan fingerprint density at radius 2 is 2.20 bits per heavy atom. The van der Waals surface area contributed by atoms with E-state index >= 15 is 0 Å². The molecule has 0 bridgehead atoms. The van der Waals surface area contributed by atoms with Crippen molar-refractivity contribution in [3.8, 4) is 0 Å². The fourth-order valence-electron chi connectivity index (χ4n) is 0.296. The van der Waals surface area contributed by atoms with Gasteiger partial charge in [0.05, 0.1) is 0 Å². The van der Waals surface area contributed by atoms with Crippen LogP contribution in [0, 0.1) is 0 Å². The van der Waals surface area contributed by atoms with Crippen LogP contribution in [0.2, 0.25) is 0 Å². The Labute approximate surface area is 78.2 Å². The van der Waals surface area contributed by atoms with Gasteiger partial charge in [-0.3, -0.25) is 0 Å². The molecule has 0 radical (unpaired) electrons. The first-order valence-electron chi connectivity index (χ1n) is 2.32. The maximum atomic E-state index is 10.4. The Bertz CT molecular complexity index is 149. The van der Waals surface area contributed by atoms with E-state index < -0.39 is 27.2 Å². The third-order valence-electron chi connectivity index (χ3n) is 0.629. The molecule has 0 spiro atoms. The first kappa shape index (κ1) is 10.4. The molecule has 0 aliphatic rings. The van der Waals surface area contributed by atoms with Crippen LogP contribution in [0.25, 0.3) is 0 Å². The first-order valence-corrected chi connectivity index (χ1v) is 9.85. The molecule has 0 heterocycles. The standard InChI is InChI=1S/C4H6I2NO3/c1-2(8)7-3(6-5)4(9)10/h3H,1H3,(H,7,8)(H,9,10)/q-1. The molecule has 1 amide bonds. The summed E-state index contributed by atoms with van der Waals surface area (Å²) in [6.45, 7) is 1.31. The van der Waals surface area contributed by atoms with Gasteiger partial charge in [-0.1, -0.05) is 0 Å². The molecular formula is C4H6I2NO3-. The van der Waals surface area contributed by atoms with Crippen LogP contribution >= 0.6 is 18.6 Å². The zero-order valence-corrected chi connectivity index (χ0v) is 9.41. The molecular weight excluding hydrogens is 364 g/mol. The summed E-state index contributed by atoms with van der Waals surface area (Å²) in [5, 5.41) is 10.8. The summed E-state index contributed by atoms with van der Waals surface area (Å²) in [4.78, 5) is 20.6. The average Bonchev–Trinajstić information content (AvgIpc) is 1.81. The summed E-state index contributed by atoms with van der Waals surface area (Å²) in [7, 11) is 0. The second kappa shape index (κ2) is 5.10. The molecule has 0 rings (SSSR count). The Balaban J connectivity index is 3.83. The monoisotopic (exact) mass is 370 g/mol. The van der Waals surface area contributed by atoms with Gasteiger partial charge in [0, 0.05) is 0 Å². The number of carboxylic acids is 1. The van der Waals surface area contributed by atoms with Gasteiger partial charge in [-0.2, -0.15) is 0 Å². The predicted molar refractivity (Wildman–Crippen MR) is 39.3 cm³/mol. The van der Waals surface area contributed by atoms with Crippen molar-refractivity contribution in [1.29, 1.82) is 0 Å². The van der Waals surface area contributed by atoms with Crippen molar-refractivity contribution in [3.63, 3.8) is 0 Å². The quantitative estimate of drug-likeness (QED) is 0.316. The van der Waals surface area contributed by atoms with Crippen LogP contribution in [0.3, 0.4) is 0 Å². The van der Waals surface area contributed by atoms with E-state index in [2.05, 4.69) is 5.32 Å². The van der Waals surface area contributed by atoms with Crippen LogP contribution in [-0.2, 0) is 9.59 Å². The van der Waals surface area contributed by atoms with Crippen molar-refractivity contribution in [2.75, 3.05) is 0 Å². The maximum absolute atomic E-state index is 10.4. The van der Waals surface area contributed by atoms with Gasteiger partial charge in [0.2, 0.25) is 0 Å². The Kier molecular flexibility index (Phi) is 5.31. The van der Waals surface area contributed by atoms with E-state index in [1.165, 1.54) is 6.92 Å². The molecule has 0 saturated heterocycles. The van der Waals surface area contributed by atoms with Crippen LogP contribution in [0.1, 0.15) is 6.92 Å². The summed E-state index contributed by atoms with van der Waals surface area (Å²) >= 11 is 1.52. The molecule has 0 saturated carbocycles. The van der Waals surface area contributed by atoms with E-state index in [9.17, 15) is 9.59 Å². The molecule has 0 aromatic carbocycles. The van der Waals surface area contributed by atoms with E-state index in [4.69, 9.17) is 5.11 Å². The summed E-state index contributed by atoms with van der Waals surface area (Å²) in [6, 6.07) is 0. The molecule has 1 unspecified atom stereocenters. The SMILES string of the molecule is CC(=O)NC([I-]I)C(=O)O. The number of alkyl halides is 1. The van der Waals surface area contributed by atoms with Gasteiger partial charge in [-0.15, -0.1) is 0 Å². The molecule has 60 valence electrons. The fourth-order valence-corrected chi connectivity index (χ4v) is 3.19. The molecule has 2 N–H and O–H groups in total. The van der Waals surface area contributed by atoms with Crippen molar-refractivity contribution < 1.29 is 31.9 Å². The molecule has 4 nitrogen and oxygen atoms in total. The van der Waals surface area contributed by atoms with Gasteiger partial charge in [-0.25, -0.2) is 0 Å². The van der Waals surface area contributed by atoms with E-state index in [-0.39, 0.29) is 5.91 Å². The van der Waals surface area contributed by atoms with E-state index in [1.54, 1.807) is 0 Å². The van der Waals surface area contributed by atoms with E-state index in [0.717, 1.165) is 0 Å². The number of carbonyl (C=O) groups is 2. The summed E-state index contributed by atoms with van der Waals surface area (Å²) in [6.07, 6.45) is 0. The van der Waals surface area contributed by atoms with Crippen LogP contribution in [0.4, 0.5) is 0 Å². The third kappa shape index (κ3) is 4.25. The second-order valence-corrected chi connectivity index (χ2v) is 6.36. The van der Waals surface area contributed by atoms with Gasteiger partial charge < -0.3 is 0 Å². The van der Waals surface area contributed by atoms with Crippen molar-refractivity contribution >= 4 is 30.5 Å². The molecule has 6 heteroatoms. The van der Waals surface area contributed by atoms with Gasteiger partial charge in [-0.05, 0) is 0 Å². The van der Waals surface area contributed by atoms with Crippen LogP contribution in [0.15, 0.2) is 0 Å². The van der Waals surface area contributed by atoms with Gasteiger partial charge in [0.1, 0.15) is 0 Å². The van der Waals surface area contributed by atoms with E-state index in [0.29, 0.717) is 0 Å². The molecule has 0 aromatic heterocycles. The number of hydrogen-bond donors (Lipinski definition) is 2. The van der Waals surface area contributed by atoms with Crippen LogP contribution < -0.4 is 22.5 Å². The molecule has 0 fully saturated rings. The minimum atomic E-state index is -0.947. The molecule has 0 aliphatic carbocycles. The Morgan fingerprint density at radius 1 is 1.70 bits per heavy atom. The number of aliphatic carboxylic acids is 1. The van der Waals surface area contributed by atoms with Crippen molar-refractivity contribution in [2.24, 2.45) is 0 Å². The summed E-state index contributed by atoms with van der Waals surface area (Å²) in [5.74, 6) is -1.24. The Morgan fingerprint density at radius 3 is 2.30 bits per heavy atom. The zero-order chi connectivity index (χ0) is 8.15. The van der Waals surface area contributed by atoms with Gasteiger partial charge in [0.15, 0.2) is 0 Å². The number of halogens is 2. The summed E-state index contributed by atoms with van der Waals surface area (Å²) < 4.78 is -0.642. The first-order chi connectivity index (χ1) is 4.57.